The molecule has 0 saturated carbocycles. The van der Waals surface area contributed by atoms with Crippen molar-refractivity contribution < 1.29 is 9.53 Å². The second-order valence-electron chi connectivity index (χ2n) is 4.41. The van der Waals surface area contributed by atoms with Gasteiger partial charge in [-0.05, 0) is 30.3 Å². The van der Waals surface area contributed by atoms with Crippen molar-refractivity contribution in [1.29, 1.82) is 0 Å². The Bertz CT molecular complexity index is 785. The molecule has 1 heterocycles. The van der Waals surface area contributed by atoms with Gasteiger partial charge in [-0.15, -0.1) is 11.3 Å². The minimum absolute atomic E-state index is 0.0884. The van der Waals surface area contributed by atoms with E-state index in [0.717, 1.165) is 15.9 Å². The highest BCUT2D eigenvalue weighted by molar-refractivity contribution is 7.16. The van der Waals surface area contributed by atoms with Crippen LogP contribution in [0.2, 0.25) is 0 Å². The molecular weight excluding hydrogens is 286 g/mol. The number of nitrogens with two attached hydrogens (primary N) is 1. The minimum atomic E-state index is -0.234. The van der Waals surface area contributed by atoms with Crippen LogP contribution in [0.5, 0.6) is 5.75 Å². The number of benzene rings is 2. The lowest BCUT2D eigenvalue weighted by Gasteiger charge is -2.09. The number of para-hydroxylation sites is 2. The number of nitrogens with zero attached hydrogens (tertiary/aromatic N) is 1. The third kappa shape index (κ3) is 3.11. The second kappa shape index (κ2) is 5.80. The van der Waals surface area contributed by atoms with Crippen LogP contribution in [0.4, 0.5) is 11.4 Å². The van der Waals surface area contributed by atoms with E-state index in [-0.39, 0.29) is 12.5 Å². The minimum Gasteiger partial charge on any atom is -0.482 e. The van der Waals surface area contributed by atoms with Crippen molar-refractivity contribution >= 4 is 38.8 Å². The Kier molecular flexibility index (Phi) is 3.70. The molecule has 1 aromatic heterocycles. The maximum absolute atomic E-state index is 11.9. The van der Waals surface area contributed by atoms with Gasteiger partial charge in [0, 0.05) is 5.69 Å². The smallest absolute Gasteiger partial charge is 0.262 e. The average Bonchev–Trinajstić information content (AvgIpc) is 2.94. The van der Waals surface area contributed by atoms with Crippen LogP contribution in [-0.2, 0) is 4.79 Å². The van der Waals surface area contributed by atoms with Crippen molar-refractivity contribution in [3.63, 3.8) is 0 Å². The Labute approximate surface area is 125 Å². The molecule has 0 atom stereocenters. The number of hydrogen-bond acceptors (Lipinski definition) is 5. The number of anilines is 2. The summed E-state index contributed by atoms with van der Waals surface area (Å²) < 4.78 is 6.43. The molecular formula is C15H13N3O2S. The van der Waals surface area contributed by atoms with Crippen molar-refractivity contribution in [2.45, 2.75) is 0 Å². The number of rotatable bonds is 4. The Morgan fingerprint density at radius 1 is 1.29 bits per heavy atom. The van der Waals surface area contributed by atoms with Gasteiger partial charge < -0.3 is 15.8 Å². The fourth-order valence-electron chi connectivity index (χ4n) is 1.89. The van der Waals surface area contributed by atoms with Crippen molar-refractivity contribution in [1.82, 2.24) is 4.98 Å². The van der Waals surface area contributed by atoms with Gasteiger partial charge in [0.15, 0.2) is 6.61 Å². The van der Waals surface area contributed by atoms with E-state index in [0.29, 0.717) is 11.4 Å². The monoisotopic (exact) mass is 299 g/mol. The van der Waals surface area contributed by atoms with Gasteiger partial charge >= 0.3 is 0 Å². The number of nitrogen functional groups attached to an aromatic ring is 1. The summed E-state index contributed by atoms with van der Waals surface area (Å²) in [7, 11) is 0. The Hall–Kier alpha value is -2.60. The molecule has 0 aliphatic carbocycles. The van der Waals surface area contributed by atoms with Crippen LogP contribution in [-0.4, -0.2) is 17.5 Å². The van der Waals surface area contributed by atoms with Crippen molar-refractivity contribution in [3.05, 3.63) is 48.0 Å². The third-order valence-corrected chi connectivity index (χ3v) is 3.68. The zero-order valence-electron chi connectivity index (χ0n) is 11.1. The first-order valence-electron chi connectivity index (χ1n) is 6.33. The Morgan fingerprint density at radius 3 is 3.00 bits per heavy atom. The van der Waals surface area contributed by atoms with Gasteiger partial charge in [0.05, 0.1) is 21.4 Å². The highest BCUT2D eigenvalue weighted by Gasteiger charge is 2.06. The quantitative estimate of drug-likeness (QED) is 0.726. The van der Waals surface area contributed by atoms with Crippen LogP contribution >= 0.6 is 11.3 Å². The highest BCUT2D eigenvalue weighted by Crippen LogP contribution is 2.22. The summed E-state index contributed by atoms with van der Waals surface area (Å²) in [4.78, 5) is 16.1. The van der Waals surface area contributed by atoms with E-state index in [9.17, 15) is 4.79 Å². The van der Waals surface area contributed by atoms with Crippen LogP contribution in [0.1, 0.15) is 0 Å². The standard InChI is InChI=1S/C15H13N3O2S/c16-11-3-1-2-4-13(11)20-8-15(19)18-10-5-6-12-14(7-10)21-9-17-12/h1-7,9H,8,16H2,(H,18,19). The molecule has 3 rings (SSSR count). The number of nitrogens with one attached hydrogen (secondary N) is 1. The van der Waals surface area contributed by atoms with Gasteiger partial charge in [0.25, 0.3) is 5.91 Å². The predicted octanol–water partition coefficient (Wildman–Crippen LogP) is 2.90. The predicted molar refractivity (Wildman–Crippen MR) is 84.6 cm³/mol. The molecule has 0 spiro atoms. The molecule has 2 aromatic carbocycles. The first-order valence-corrected chi connectivity index (χ1v) is 7.21. The molecule has 0 radical (unpaired) electrons. The normalized spacial score (nSPS) is 10.5. The number of carbonyl (C=O) groups excluding carboxylic acids is 1. The molecule has 1 amide bonds. The lowest BCUT2D eigenvalue weighted by molar-refractivity contribution is -0.118. The van der Waals surface area contributed by atoms with Crippen molar-refractivity contribution in [2.24, 2.45) is 0 Å². The van der Waals surface area contributed by atoms with Gasteiger partial charge in [-0.25, -0.2) is 4.98 Å². The molecule has 21 heavy (non-hydrogen) atoms. The van der Waals surface area contributed by atoms with Gasteiger partial charge in [-0.3, -0.25) is 4.79 Å². The maximum atomic E-state index is 11.9. The van der Waals surface area contributed by atoms with E-state index < -0.39 is 0 Å². The Morgan fingerprint density at radius 2 is 2.14 bits per heavy atom. The van der Waals surface area contributed by atoms with Gasteiger partial charge in [0.2, 0.25) is 0 Å². The largest absolute Gasteiger partial charge is 0.482 e. The van der Waals surface area contributed by atoms with Gasteiger partial charge in [-0.1, -0.05) is 12.1 Å². The number of carbonyl (C=O) groups is 1. The number of hydrogen-bond donors (Lipinski definition) is 2. The first-order chi connectivity index (χ1) is 10.2. The van der Waals surface area contributed by atoms with E-state index in [1.54, 1.807) is 23.7 Å². The molecule has 106 valence electrons. The summed E-state index contributed by atoms with van der Waals surface area (Å²) in [5.41, 5.74) is 9.68. The fraction of sp³-hybridized carbons (Fsp3) is 0.0667. The third-order valence-electron chi connectivity index (χ3n) is 2.89. The molecule has 0 fully saturated rings. The maximum Gasteiger partial charge on any atom is 0.262 e. The number of amides is 1. The fourth-order valence-corrected chi connectivity index (χ4v) is 2.60. The summed E-state index contributed by atoms with van der Waals surface area (Å²) in [5, 5.41) is 2.79. The zero-order chi connectivity index (χ0) is 14.7. The van der Waals surface area contributed by atoms with E-state index in [2.05, 4.69) is 10.3 Å². The Balaban J connectivity index is 1.62. The summed E-state index contributed by atoms with van der Waals surface area (Å²) >= 11 is 1.53. The number of thiazole rings is 1. The lowest BCUT2D eigenvalue weighted by atomic mass is 10.3. The molecule has 0 saturated heterocycles. The van der Waals surface area contributed by atoms with Crippen LogP contribution in [0, 0.1) is 0 Å². The summed E-state index contributed by atoms with van der Waals surface area (Å²) in [6, 6.07) is 12.7. The SMILES string of the molecule is Nc1ccccc1OCC(=O)Nc1ccc2ncsc2c1. The highest BCUT2D eigenvalue weighted by atomic mass is 32.1. The zero-order valence-corrected chi connectivity index (χ0v) is 11.9. The van der Waals surface area contributed by atoms with Crippen LogP contribution < -0.4 is 15.8 Å². The van der Waals surface area contributed by atoms with Crippen molar-refractivity contribution in [2.75, 3.05) is 17.7 Å². The van der Waals surface area contributed by atoms with E-state index in [1.165, 1.54) is 11.3 Å². The summed E-state index contributed by atoms with van der Waals surface area (Å²) in [5.74, 6) is 0.271. The number of ether oxygens (including phenoxy) is 1. The number of fused-ring (bicyclic) bond motifs is 1. The molecule has 0 aliphatic heterocycles. The van der Waals surface area contributed by atoms with Gasteiger partial charge in [-0.2, -0.15) is 0 Å². The lowest BCUT2D eigenvalue weighted by Crippen LogP contribution is -2.20. The molecule has 0 aliphatic rings. The van der Waals surface area contributed by atoms with Gasteiger partial charge in [0.1, 0.15) is 5.75 Å². The molecule has 3 N–H and O–H groups in total. The second-order valence-corrected chi connectivity index (χ2v) is 5.30. The first kappa shape index (κ1) is 13.4. The number of aromatic nitrogens is 1. The van der Waals surface area contributed by atoms with Crippen molar-refractivity contribution in [3.8, 4) is 5.75 Å². The summed E-state index contributed by atoms with van der Waals surface area (Å²) in [6.07, 6.45) is 0. The van der Waals surface area contributed by atoms with Crippen LogP contribution in [0.25, 0.3) is 10.2 Å². The molecule has 5 nitrogen and oxygen atoms in total. The van der Waals surface area contributed by atoms with Crippen LogP contribution in [0.15, 0.2) is 48.0 Å². The van der Waals surface area contributed by atoms with E-state index in [4.69, 9.17) is 10.5 Å². The van der Waals surface area contributed by atoms with E-state index in [1.807, 2.05) is 24.3 Å². The molecule has 6 heteroatoms. The molecule has 0 bridgehead atoms. The van der Waals surface area contributed by atoms with E-state index >= 15 is 0 Å². The molecule has 0 unspecified atom stereocenters. The van der Waals surface area contributed by atoms with Crippen LogP contribution in [0.3, 0.4) is 0 Å². The summed E-state index contributed by atoms with van der Waals surface area (Å²) in [6.45, 7) is -0.0884. The topological polar surface area (TPSA) is 77.2 Å². The average molecular weight is 299 g/mol. The molecule has 3 aromatic rings.